The van der Waals surface area contributed by atoms with Crippen LogP contribution in [-0.4, -0.2) is 14.8 Å². The summed E-state index contributed by atoms with van der Waals surface area (Å²) in [4.78, 5) is 4.08. The lowest BCUT2D eigenvalue weighted by molar-refractivity contribution is 0.528. The largest absolute Gasteiger partial charge is 0.275 e. The van der Waals surface area contributed by atoms with Crippen LogP contribution in [0.3, 0.4) is 0 Å². The van der Waals surface area contributed by atoms with Crippen LogP contribution < -0.4 is 11.3 Å². The molecule has 0 aliphatic carbocycles. The van der Waals surface area contributed by atoms with Crippen molar-refractivity contribution in [3.63, 3.8) is 0 Å². The molecule has 0 saturated heterocycles. The van der Waals surface area contributed by atoms with E-state index in [2.05, 4.69) is 15.5 Å². The summed E-state index contributed by atoms with van der Waals surface area (Å²) in [5.41, 5.74) is 4.85. The van der Waals surface area contributed by atoms with Crippen molar-refractivity contribution in [1.82, 2.24) is 20.2 Å². The van der Waals surface area contributed by atoms with Crippen molar-refractivity contribution in [2.45, 2.75) is 12.5 Å². The van der Waals surface area contributed by atoms with E-state index in [9.17, 15) is 0 Å². The zero-order valence-electron chi connectivity index (χ0n) is 9.17. The normalized spacial score (nSPS) is 12.6. The van der Waals surface area contributed by atoms with Crippen molar-refractivity contribution in [3.8, 4) is 0 Å². The van der Waals surface area contributed by atoms with E-state index in [0.717, 1.165) is 17.7 Å². The molecule has 0 aromatic carbocycles. The summed E-state index contributed by atoms with van der Waals surface area (Å²) in [5, 5.41) is 4.33. The predicted octanol–water partition coefficient (Wildman–Crippen LogP) is 0.562. The number of hydrogen-bond acceptors (Lipinski definition) is 4. The number of hydrogen-bond donors (Lipinski definition) is 2. The van der Waals surface area contributed by atoms with E-state index in [1.165, 1.54) is 0 Å². The smallest absolute Gasteiger partial charge is 0.0810 e. The molecule has 0 radical (unpaired) electrons. The van der Waals surface area contributed by atoms with Crippen LogP contribution in [0.2, 0.25) is 0 Å². The number of aromatic nitrogens is 3. The van der Waals surface area contributed by atoms with Crippen LogP contribution in [0.1, 0.15) is 17.3 Å². The van der Waals surface area contributed by atoms with Crippen LogP contribution in [-0.2, 0) is 13.5 Å². The molecule has 0 spiro atoms. The van der Waals surface area contributed by atoms with Crippen molar-refractivity contribution in [3.05, 3.63) is 48.0 Å². The molecule has 16 heavy (non-hydrogen) atoms. The Kier molecular flexibility index (Phi) is 3.28. The summed E-state index contributed by atoms with van der Waals surface area (Å²) < 4.78 is 1.77. The van der Waals surface area contributed by atoms with E-state index < -0.39 is 0 Å². The number of nitrogens with one attached hydrogen (secondary N) is 1. The van der Waals surface area contributed by atoms with Gasteiger partial charge in [-0.25, -0.2) is 0 Å². The van der Waals surface area contributed by atoms with E-state index >= 15 is 0 Å². The second-order valence-electron chi connectivity index (χ2n) is 3.70. The highest BCUT2D eigenvalue weighted by molar-refractivity contribution is 5.15. The van der Waals surface area contributed by atoms with Gasteiger partial charge in [0.15, 0.2) is 0 Å². The molecule has 2 aromatic heterocycles. The number of aryl methyl sites for hydroxylation is 1. The standard InChI is InChI=1S/C11H15N5/c1-16-6-4-10(15-16)11(14-12)7-9-3-2-5-13-8-9/h2-6,8,11,14H,7,12H2,1H3. The average molecular weight is 217 g/mol. The predicted molar refractivity (Wildman–Crippen MR) is 61.2 cm³/mol. The van der Waals surface area contributed by atoms with Crippen LogP contribution in [0.4, 0.5) is 0 Å². The summed E-state index contributed by atoms with van der Waals surface area (Å²) >= 11 is 0. The zero-order valence-corrected chi connectivity index (χ0v) is 9.17. The summed E-state index contributed by atoms with van der Waals surface area (Å²) in [6.45, 7) is 0. The molecule has 84 valence electrons. The van der Waals surface area contributed by atoms with E-state index in [0.29, 0.717) is 0 Å². The van der Waals surface area contributed by atoms with Gasteiger partial charge in [-0.3, -0.25) is 20.9 Å². The first-order chi connectivity index (χ1) is 7.79. The Morgan fingerprint density at radius 2 is 2.38 bits per heavy atom. The molecule has 1 unspecified atom stereocenters. The van der Waals surface area contributed by atoms with Gasteiger partial charge in [-0.1, -0.05) is 6.07 Å². The first-order valence-corrected chi connectivity index (χ1v) is 5.14. The molecule has 5 heteroatoms. The van der Waals surface area contributed by atoms with Crippen molar-refractivity contribution in [2.75, 3.05) is 0 Å². The molecule has 0 amide bonds. The number of nitrogens with two attached hydrogens (primary N) is 1. The fraction of sp³-hybridized carbons (Fsp3) is 0.273. The van der Waals surface area contributed by atoms with Gasteiger partial charge < -0.3 is 0 Å². The lowest BCUT2D eigenvalue weighted by Gasteiger charge is -2.12. The van der Waals surface area contributed by atoms with Crippen LogP contribution in [0.5, 0.6) is 0 Å². The second kappa shape index (κ2) is 4.87. The van der Waals surface area contributed by atoms with Crippen LogP contribution in [0.15, 0.2) is 36.8 Å². The second-order valence-corrected chi connectivity index (χ2v) is 3.70. The molecular weight excluding hydrogens is 202 g/mol. The van der Waals surface area contributed by atoms with Gasteiger partial charge >= 0.3 is 0 Å². The molecule has 1 atom stereocenters. The van der Waals surface area contributed by atoms with Crippen LogP contribution >= 0.6 is 0 Å². The Labute approximate surface area is 94.3 Å². The zero-order chi connectivity index (χ0) is 11.4. The Morgan fingerprint density at radius 1 is 1.50 bits per heavy atom. The molecule has 2 aromatic rings. The Balaban J connectivity index is 2.12. The first-order valence-electron chi connectivity index (χ1n) is 5.14. The van der Waals surface area contributed by atoms with Gasteiger partial charge in [0.2, 0.25) is 0 Å². The van der Waals surface area contributed by atoms with Gasteiger partial charge in [0.05, 0.1) is 11.7 Å². The minimum atomic E-state index is 0.0189. The maximum absolute atomic E-state index is 5.54. The minimum absolute atomic E-state index is 0.0189. The van der Waals surface area contributed by atoms with Crippen molar-refractivity contribution in [1.29, 1.82) is 0 Å². The van der Waals surface area contributed by atoms with Crippen LogP contribution in [0, 0.1) is 0 Å². The number of nitrogens with zero attached hydrogens (tertiary/aromatic N) is 3. The average Bonchev–Trinajstić information content (AvgIpc) is 2.74. The van der Waals surface area contributed by atoms with E-state index in [-0.39, 0.29) is 6.04 Å². The maximum atomic E-state index is 5.54. The van der Waals surface area contributed by atoms with Crippen molar-refractivity contribution < 1.29 is 0 Å². The number of rotatable bonds is 4. The fourth-order valence-corrected chi connectivity index (χ4v) is 1.62. The van der Waals surface area contributed by atoms with Gasteiger partial charge in [0.1, 0.15) is 0 Å². The molecule has 0 aliphatic heterocycles. The highest BCUT2D eigenvalue weighted by Gasteiger charge is 2.12. The summed E-state index contributed by atoms with van der Waals surface area (Å²) in [6.07, 6.45) is 6.28. The lowest BCUT2D eigenvalue weighted by Crippen LogP contribution is -2.30. The highest BCUT2D eigenvalue weighted by Crippen LogP contribution is 2.14. The van der Waals surface area contributed by atoms with Gasteiger partial charge in [0, 0.05) is 25.6 Å². The Bertz CT molecular complexity index is 437. The third kappa shape index (κ3) is 2.44. The van der Waals surface area contributed by atoms with Crippen molar-refractivity contribution in [2.24, 2.45) is 12.9 Å². The third-order valence-electron chi connectivity index (χ3n) is 2.46. The third-order valence-corrected chi connectivity index (χ3v) is 2.46. The number of pyridine rings is 1. The van der Waals surface area contributed by atoms with Gasteiger partial charge in [-0.05, 0) is 24.1 Å². The fourth-order valence-electron chi connectivity index (χ4n) is 1.62. The molecule has 3 N–H and O–H groups in total. The van der Waals surface area contributed by atoms with E-state index in [1.807, 2.05) is 37.6 Å². The molecule has 0 saturated carbocycles. The van der Waals surface area contributed by atoms with Gasteiger partial charge in [-0.15, -0.1) is 0 Å². The monoisotopic (exact) mass is 217 g/mol. The summed E-state index contributed by atoms with van der Waals surface area (Å²) in [6, 6.07) is 5.92. The molecular formula is C11H15N5. The Hall–Kier alpha value is -1.72. The minimum Gasteiger partial charge on any atom is -0.275 e. The van der Waals surface area contributed by atoms with Gasteiger partial charge in [-0.2, -0.15) is 5.10 Å². The topological polar surface area (TPSA) is 68.8 Å². The van der Waals surface area contributed by atoms with E-state index in [4.69, 9.17) is 5.84 Å². The van der Waals surface area contributed by atoms with E-state index in [1.54, 1.807) is 10.9 Å². The molecule has 0 fully saturated rings. The molecule has 5 nitrogen and oxygen atoms in total. The summed E-state index contributed by atoms with van der Waals surface area (Å²) in [7, 11) is 1.89. The van der Waals surface area contributed by atoms with Gasteiger partial charge in [0.25, 0.3) is 0 Å². The van der Waals surface area contributed by atoms with Crippen molar-refractivity contribution >= 4 is 0 Å². The molecule has 2 heterocycles. The maximum Gasteiger partial charge on any atom is 0.0810 e. The molecule has 2 rings (SSSR count). The molecule has 0 bridgehead atoms. The Morgan fingerprint density at radius 3 is 2.94 bits per heavy atom. The number of hydrazine groups is 1. The summed E-state index contributed by atoms with van der Waals surface area (Å²) in [5.74, 6) is 5.54. The van der Waals surface area contributed by atoms with Crippen LogP contribution in [0.25, 0.3) is 0 Å². The molecule has 0 aliphatic rings. The highest BCUT2D eigenvalue weighted by atomic mass is 15.3. The SMILES string of the molecule is Cn1ccc(C(Cc2cccnc2)NN)n1. The first kappa shape index (κ1) is 10.8. The lowest BCUT2D eigenvalue weighted by atomic mass is 10.1. The quantitative estimate of drug-likeness (QED) is 0.580.